The molecule has 0 amide bonds. The van der Waals surface area contributed by atoms with E-state index in [2.05, 4.69) is 0 Å². The molecule has 0 saturated carbocycles. The van der Waals surface area contributed by atoms with Gasteiger partial charge < -0.3 is 9.47 Å². The molecule has 6 heteroatoms. The molecular formula is C9H14O4S2. The Bertz CT molecular complexity index is 228. The summed E-state index contributed by atoms with van der Waals surface area (Å²) < 4.78 is 9.41. The fourth-order valence-corrected chi connectivity index (χ4v) is 4.10. The zero-order valence-corrected chi connectivity index (χ0v) is 10.4. The molecule has 0 aromatic carbocycles. The number of carbonyl (C=O) groups is 2. The molecule has 0 unspecified atom stereocenters. The van der Waals surface area contributed by atoms with Gasteiger partial charge in [0, 0.05) is 23.0 Å². The van der Waals surface area contributed by atoms with Crippen molar-refractivity contribution >= 4 is 35.5 Å². The van der Waals surface area contributed by atoms with Crippen molar-refractivity contribution in [1.82, 2.24) is 0 Å². The molecule has 86 valence electrons. The van der Waals surface area contributed by atoms with Gasteiger partial charge in [-0.15, -0.1) is 0 Å². The van der Waals surface area contributed by atoms with Crippen molar-refractivity contribution in [3.8, 4) is 0 Å². The number of carbonyl (C=O) groups excluding carboxylic acids is 2. The van der Waals surface area contributed by atoms with Crippen molar-refractivity contribution in [3.63, 3.8) is 0 Å². The van der Waals surface area contributed by atoms with Crippen molar-refractivity contribution in [2.45, 2.75) is 0 Å². The minimum atomic E-state index is -1.12. The highest BCUT2D eigenvalue weighted by atomic mass is 32.2. The Labute approximate surface area is 97.4 Å². The summed E-state index contributed by atoms with van der Waals surface area (Å²) in [5.74, 6) is 1.80. The smallest absolute Gasteiger partial charge is 0.324 e. The SMILES string of the molecule is COC(=O)C1(C(=O)OC)CSCCSC1. The van der Waals surface area contributed by atoms with Crippen molar-refractivity contribution < 1.29 is 19.1 Å². The maximum Gasteiger partial charge on any atom is 0.324 e. The Hall–Kier alpha value is -0.360. The van der Waals surface area contributed by atoms with Crippen LogP contribution in [0.1, 0.15) is 0 Å². The van der Waals surface area contributed by atoms with Crippen LogP contribution in [0.2, 0.25) is 0 Å². The van der Waals surface area contributed by atoms with Crippen LogP contribution in [0.5, 0.6) is 0 Å². The van der Waals surface area contributed by atoms with Gasteiger partial charge in [0.25, 0.3) is 0 Å². The van der Waals surface area contributed by atoms with Crippen LogP contribution in [0, 0.1) is 5.41 Å². The van der Waals surface area contributed by atoms with E-state index in [1.165, 1.54) is 14.2 Å². The Kier molecular flexibility index (Phi) is 4.79. The third-order valence-electron chi connectivity index (χ3n) is 2.22. The van der Waals surface area contributed by atoms with Crippen LogP contribution < -0.4 is 0 Å². The molecule has 0 bridgehead atoms. The van der Waals surface area contributed by atoms with Gasteiger partial charge >= 0.3 is 11.9 Å². The molecule has 15 heavy (non-hydrogen) atoms. The van der Waals surface area contributed by atoms with E-state index in [1.807, 2.05) is 0 Å². The number of hydrogen-bond acceptors (Lipinski definition) is 6. The molecule has 0 N–H and O–H groups in total. The maximum absolute atomic E-state index is 11.7. The molecule has 1 aliphatic rings. The van der Waals surface area contributed by atoms with E-state index in [0.29, 0.717) is 11.5 Å². The Balaban J connectivity index is 2.92. The molecular weight excluding hydrogens is 236 g/mol. The van der Waals surface area contributed by atoms with Crippen LogP contribution in [-0.4, -0.2) is 49.2 Å². The van der Waals surface area contributed by atoms with Crippen molar-refractivity contribution in [2.24, 2.45) is 5.41 Å². The summed E-state index contributed by atoms with van der Waals surface area (Å²) in [4.78, 5) is 23.4. The number of rotatable bonds is 2. The Morgan fingerprint density at radius 3 is 1.73 bits per heavy atom. The summed E-state index contributed by atoms with van der Waals surface area (Å²) in [6, 6.07) is 0. The largest absolute Gasteiger partial charge is 0.468 e. The summed E-state index contributed by atoms with van der Waals surface area (Å²) >= 11 is 3.18. The minimum Gasteiger partial charge on any atom is -0.468 e. The predicted molar refractivity (Wildman–Crippen MR) is 61.1 cm³/mol. The van der Waals surface area contributed by atoms with Gasteiger partial charge in [0.1, 0.15) is 0 Å². The molecule has 1 heterocycles. The minimum absolute atomic E-state index is 0.444. The highest BCUT2D eigenvalue weighted by molar-refractivity contribution is 8.03. The van der Waals surface area contributed by atoms with E-state index in [4.69, 9.17) is 9.47 Å². The highest BCUT2D eigenvalue weighted by Gasteiger charge is 2.49. The second kappa shape index (κ2) is 5.65. The quantitative estimate of drug-likeness (QED) is 0.534. The van der Waals surface area contributed by atoms with Crippen molar-refractivity contribution in [3.05, 3.63) is 0 Å². The van der Waals surface area contributed by atoms with Gasteiger partial charge in [-0.2, -0.15) is 23.5 Å². The molecule has 0 aliphatic carbocycles. The third-order valence-corrected chi connectivity index (χ3v) is 4.86. The standard InChI is InChI=1S/C9H14O4S2/c1-12-7(10)9(8(11)13-2)5-14-3-4-15-6-9/h3-6H2,1-2H3. The molecule has 0 aromatic rings. The molecule has 0 atom stereocenters. The maximum atomic E-state index is 11.7. The average Bonchev–Trinajstić information content (AvgIpc) is 2.53. The first-order valence-corrected chi connectivity index (χ1v) is 6.80. The lowest BCUT2D eigenvalue weighted by atomic mass is 9.93. The van der Waals surface area contributed by atoms with E-state index < -0.39 is 17.4 Å². The number of methoxy groups -OCH3 is 2. The van der Waals surface area contributed by atoms with Crippen molar-refractivity contribution in [1.29, 1.82) is 0 Å². The van der Waals surface area contributed by atoms with Gasteiger partial charge in [0.05, 0.1) is 14.2 Å². The van der Waals surface area contributed by atoms with Crippen LogP contribution in [0.4, 0.5) is 0 Å². The second-order valence-electron chi connectivity index (χ2n) is 3.17. The molecule has 1 aliphatic heterocycles. The summed E-state index contributed by atoms with van der Waals surface area (Å²) in [6.07, 6.45) is 0. The Morgan fingerprint density at radius 2 is 1.40 bits per heavy atom. The summed E-state index contributed by atoms with van der Waals surface area (Å²) in [6.45, 7) is 0. The first-order chi connectivity index (χ1) is 7.17. The normalized spacial score (nSPS) is 20.1. The monoisotopic (exact) mass is 250 g/mol. The van der Waals surface area contributed by atoms with Crippen LogP contribution in [0.25, 0.3) is 0 Å². The van der Waals surface area contributed by atoms with Gasteiger partial charge in [0.2, 0.25) is 0 Å². The Morgan fingerprint density at radius 1 is 1.00 bits per heavy atom. The molecule has 0 radical (unpaired) electrons. The highest BCUT2D eigenvalue weighted by Crippen LogP contribution is 2.34. The zero-order valence-electron chi connectivity index (χ0n) is 8.78. The molecule has 1 rings (SSSR count). The fraction of sp³-hybridized carbons (Fsp3) is 0.778. The molecule has 1 fully saturated rings. The molecule has 0 spiro atoms. The molecule has 4 nitrogen and oxygen atoms in total. The summed E-state index contributed by atoms with van der Waals surface area (Å²) in [7, 11) is 2.60. The lowest BCUT2D eigenvalue weighted by Crippen LogP contribution is -2.45. The van der Waals surface area contributed by atoms with Gasteiger partial charge in [-0.3, -0.25) is 9.59 Å². The van der Waals surface area contributed by atoms with E-state index in [1.54, 1.807) is 23.5 Å². The number of hydrogen-bond donors (Lipinski definition) is 0. The third kappa shape index (κ3) is 2.60. The summed E-state index contributed by atoms with van der Waals surface area (Å²) in [5.41, 5.74) is -1.12. The van der Waals surface area contributed by atoms with E-state index in [0.717, 1.165) is 11.5 Å². The van der Waals surface area contributed by atoms with Crippen LogP contribution in [0.15, 0.2) is 0 Å². The van der Waals surface area contributed by atoms with Gasteiger partial charge in [-0.05, 0) is 0 Å². The lowest BCUT2D eigenvalue weighted by Gasteiger charge is -2.25. The first-order valence-electron chi connectivity index (χ1n) is 4.49. The predicted octanol–water partition coefficient (Wildman–Crippen LogP) is 0.799. The number of ether oxygens (including phenoxy) is 2. The van der Waals surface area contributed by atoms with Gasteiger partial charge in [-0.25, -0.2) is 0 Å². The fourth-order valence-electron chi connectivity index (χ4n) is 1.36. The van der Waals surface area contributed by atoms with Crippen LogP contribution in [0.3, 0.4) is 0 Å². The topological polar surface area (TPSA) is 52.6 Å². The van der Waals surface area contributed by atoms with Crippen LogP contribution >= 0.6 is 23.5 Å². The molecule has 1 saturated heterocycles. The second-order valence-corrected chi connectivity index (χ2v) is 5.38. The van der Waals surface area contributed by atoms with E-state index in [9.17, 15) is 9.59 Å². The average molecular weight is 250 g/mol. The van der Waals surface area contributed by atoms with Crippen LogP contribution in [-0.2, 0) is 19.1 Å². The lowest BCUT2D eigenvalue weighted by molar-refractivity contribution is -0.165. The van der Waals surface area contributed by atoms with E-state index in [-0.39, 0.29) is 0 Å². The first kappa shape index (κ1) is 12.7. The number of thioether (sulfide) groups is 2. The molecule has 0 aromatic heterocycles. The van der Waals surface area contributed by atoms with Gasteiger partial charge in [-0.1, -0.05) is 0 Å². The van der Waals surface area contributed by atoms with Crippen molar-refractivity contribution in [2.75, 3.05) is 37.2 Å². The van der Waals surface area contributed by atoms with E-state index >= 15 is 0 Å². The number of esters is 2. The zero-order chi connectivity index (χ0) is 11.3. The summed E-state index contributed by atoms with van der Waals surface area (Å²) in [5, 5.41) is 0. The van der Waals surface area contributed by atoms with Gasteiger partial charge in [0.15, 0.2) is 5.41 Å².